The third-order valence-electron chi connectivity index (χ3n) is 5.49. The van der Waals surface area contributed by atoms with E-state index in [9.17, 15) is 18.0 Å². The average Bonchev–Trinajstić information content (AvgIpc) is 3.41. The second-order valence-electron chi connectivity index (χ2n) is 7.18. The number of piperidine rings is 1. The van der Waals surface area contributed by atoms with Gasteiger partial charge in [-0.15, -0.1) is 11.3 Å². The molecule has 0 saturated carbocycles. The highest BCUT2D eigenvalue weighted by Crippen LogP contribution is 2.32. The van der Waals surface area contributed by atoms with Gasteiger partial charge in [0.2, 0.25) is 10.0 Å². The molecule has 1 aromatic heterocycles. The second kappa shape index (κ2) is 8.37. The lowest BCUT2D eigenvalue weighted by Gasteiger charge is -2.34. The first-order valence-electron chi connectivity index (χ1n) is 9.60. The summed E-state index contributed by atoms with van der Waals surface area (Å²) in [7, 11) is -2.59. The predicted molar refractivity (Wildman–Crippen MR) is 110 cm³/mol. The Morgan fingerprint density at radius 3 is 2.53 bits per heavy atom. The van der Waals surface area contributed by atoms with Crippen LogP contribution in [0.5, 0.6) is 0 Å². The quantitative estimate of drug-likeness (QED) is 0.651. The molecule has 0 N–H and O–H groups in total. The molecule has 8 nitrogen and oxygen atoms in total. The molecule has 0 bridgehead atoms. The molecule has 2 aromatic rings. The van der Waals surface area contributed by atoms with Crippen molar-refractivity contribution in [3.05, 3.63) is 52.2 Å². The van der Waals surface area contributed by atoms with Gasteiger partial charge < -0.3 is 14.4 Å². The van der Waals surface area contributed by atoms with Crippen LogP contribution < -0.4 is 0 Å². The number of esters is 1. The molecule has 2 saturated heterocycles. The number of amides is 1. The first kappa shape index (κ1) is 20.8. The van der Waals surface area contributed by atoms with Crippen LogP contribution in [0.15, 0.2) is 46.7 Å². The Morgan fingerprint density at radius 2 is 1.87 bits per heavy atom. The molecular formula is C20H22N2O6S2. The third kappa shape index (κ3) is 3.82. The van der Waals surface area contributed by atoms with Crippen molar-refractivity contribution in [2.75, 3.05) is 26.7 Å². The van der Waals surface area contributed by atoms with Crippen LogP contribution >= 0.6 is 11.3 Å². The van der Waals surface area contributed by atoms with Crippen molar-refractivity contribution >= 4 is 33.4 Å². The number of carbonyl (C=O) groups is 2. The normalized spacial score (nSPS) is 20.9. The summed E-state index contributed by atoms with van der Waals surface area (Å²) < 4.78 is 37.7. The summed E-state index contributed by atoms with van der Waals surface area (Å²) in [5.74, 6) is -0.662. The van der Waals surface area contributed by atoms with Gasteiger partial charge >= 0.3 is 12.1 Å². The van der Waals surface area contributed by atoms with Crippen molar-refractivity contribution in [2.45, 2.75) is 29.9 Å². The highest BCUT2D eigenvalue weighted by molar-refractivity contribution is 7.89. The molecule has 10 heteroatoms. The van der Waals surface area contributed by atoms with Crippen LogP contribution in [0.2, 0.25) is 0 Å². The van der Waals surface area contributed by atoms with Crippen LogP contribution in [0.3, 0.4) is 0 Å². The molecule has 3 heterocycles. The fourth-order valence-electron chi connectivity index (χ4n) is 3.89. The lowest BCUT2D eigenvalue weighted by atomic mass is 10.0. The zero-order chi connectivity index (χ0) is 21.3. The summed E-state index contributed by atoms with van der Waals surface area (Å²) in [5.41, 5.74) is 0.946. The minimum Gasteiger partial charge on any atom is -0.465 e. The molecule has 1 amide bonds. The Labute approximate surface area is 179 Å². The van der Waals surface area contributed by atoms with Gasteiger partial charge in [-0.1, -0.05) is 30.3 Å². The highest BCUT2D eigenvalue weighted by Gasteiger charge is 2.40. The van der Waals surface area contributed by atoms with Gasteiger partial charge in [-0.3, -0.25) is 0 Å². The van der Waals surface area contributed by atoms with Crippen LogP contribution in [0.25, 0.3) is 0 Å². The number of methoxy groups -OCH3 is 1. The monoisotopic (exact) mass is 450 g/mol. The molecule has 30 heavy (non-hydrogen) atoms. The maximum absolute atomic E-state index is 13.0. The summed E-state index contributed by atoms with van der Waals surface area (Å²) in [5, 5.41) is 1.57. The van der Waals surface area contributed by atoms with Gasteiger partial charge in [0, 0.05) is 19.1 Å². The molecule has 2 aliphatic rings. The van der Waals surface area contributed by atoms with Crippen molar-refractivity contribution in [2.24, 2.45) is 0 Å². The fraction of sp³-hybridized carbons (Fsp3) is 0.400. The zero-order valence-electron chi connectivity index (χ0n) is 16.4. The third-order valence-corrected chi connectivity index (χ3v) is 8.46. The van der Waals surface area contributed by atoms with E-state index in [1.807, 2.05) is 30.3 Å². The number of hydrogen-bond donors (Lipinski definition) is 0. The maximum atomic E-state index is 13.0. The van der Waals surface area contributed by atoms with E-state index in [1.165, 1.54) is 17.5 Å². The summed E-state index contributed by atoms with van der Waals surface area (Å²) in [6.45, 7) is 0.990. The topological polar surface area (TPSA) is 93.2 Å². The Morgan fingerprint density at radius 1 is 1.17 bits per heavy atom. The van der Waals surface area contributed by atoms with Gasteiger partial charge in [0.15, 0.2) is 0 Å². The minimum absolute atomic E-state index is 0.0254. The number of ether oxygens (including phenoxy) is 2. The smallest absolute Gasteiger partial charge is 0.410 e. The Balaban J connectivity index is 1.42. The molecule has 1 aromatic carbocycles. The van der Waals surface area contributed by atoms with Crippen LogP contribution in [0.1, 0.15) is 34.2 Å². The van der Waals surface area contributed by atoms with E-state index in [-0.39, 0.29) is 41.1 Å². The Bertz CT molecular complexity index is 1030. The van der Waals surface area contributed by atoms with Crippen molar-refractivity contribution in [3.8, 4) is 0 Å². The van der Waals surface area contributed by atoms with Crippen LogP contribution in [-0.4, -0.2) is 62.5 Å². The molecule has 1 unspecified atom stereocenters. The van der Waals surface area contributed by atoms with Gasteiger partial charge in [0.25, 0.3) is 0 Å². The summed E-state index contributed by atoms with van der Waals surface area (Å²) >= 11 is 1.04. The van der Waals surface area contributed by atoms with Crippen molar-refractivity contribution < 1.29 is 27.5 Å². The van der Waals surface area contributed by atoms with Gasteiger partial charge in [-0.2, -0.15) is 4.31 Å². The summed E-state index contributed by atoms with van der Waals surface area (Å²) in [6.07, 6.45) is 0.339. The highest BCUT2D eigenvalue weighted by atomic mass is 32.2. The van der Waals surface area contributed by atoms with Gasteiger partial charge in [0.05, 0.1) is 13.7 Å². The van der Waals surface area contributed by atoms with Crippen molar-refractivity contribution in [1.82, 2.24) is 9.21 Å². The van der Waals surface area contributed by atoms with E-state index in [1.54, 1.807) is 10.3 Å². The molecular weight excluding hydrogens is 428 g/mol. The second-order valence-corrected chi connectivity index (χ2v) is 10.00. The molecule has 160 valence electrons. The van der Waals surface area contributed by atoms with Gasteiger partial charge in [0.1, 0.15) is 15.9 Å². The SMILES string of the molecule is COC(=O)c1sccc1S(=O)(=O)N1CCC(N2CC(c3ccccc3)OC2=O)CC1. The summed E-state index contributed by atoms with van der Waals surface area (Å²) in [4.78, 5) is 26.0. The molecule has 2 aliphatic heterocycles. The Kier molecular flexibility index (Phi) is 5.81. The average molecular weight is 451 g/mol. The van der Waals surface area contributed by atoms with Crippen LogP contribution in [0, 0.1) is 0 Å². The number of thiophene rings is 1. The predicted octanol–water partition coefficient (Wildman–Crippen LogP) is 2.88. The lowest BCUT2D eigenvalue weighted by molar-refractivity contribution is 0.0602. The maximum Gasteiger partial charge on any atom is 0.410 e. The molecule has 0 aliphatic carbocycles. The fourth-order valence-corrected chi connectivity index (χ4v) is 6.67. The molecule has 0 radical (unpaired) electrons. The van der Waals surface area contributed by atoms with E-state index in [0.717, 1.165) is 16.9 Å². The van der Waals surface area contributed by atoms with E-state index in [4.69, 9.17) is 9.47 Å². The van der Waals surface area contributed by atoms with E-state index in [0.29, 0.717) is 19.4 Å². The largest absolute Gasteiger partial charge is 0.465 e. The number of cyclic esters (lactones) is 1. The number of rotatable bonds is 5. The summed E-state index contributed by atoms with van der Waals surface area (Å²) in [6, 6.07) is 10.9. The van der Waals surface area contributed by atoms with Crippen molar-refractivity contribution in [1.29, 1.82) is 0 Å². The molecule has 2 fully saturated rings. The number of benzene rings is 1. The number of nitrogens with zero attached hydrogens (tertiary/aromatic N) is 2. The standard InChI is InChI=1S/C20H22N2O6S2/c1-27-19(23)18-17(9-12-29-18)30(25,26)21-10-7-15(8-11-21)22-13-16(28-20(22)24)14-5-3-2-4-6-14/h2-6,9,12,15-16H,7-8,10-11,13H2,1H3. The first-order chi connectivity index (χ1) is 14.4. The number of sulfonamides is 1. The van der Waals surface area contributed by atoms with Gasteiger partial charge in [-0.05, 0) is 29.9 Å². The zero-order valence-corrected chi connectivity index (χ0v) is 18.0. The molecule has 4 rings (SSSR count). The number of carbonyl (C=O) groups excluding carboxylic acids is 2. The van der Waals surface area contributed by atoms with E-state index >= 15 is 0 Å². The molecule has 1 atom stereocenters. The lowest BCUT2D eigenvalue weighted by Crippen LogP contribution is -2.47. The van der Waals surface area contributed by atoms with Crippen LogP contribution in [-0.2, 0) is 19.5 Å². The minimum atomic E-state index is -3.81. The van der Waals surface area contributed by atoms with Gasteiger partial charge in [-0.25, -0.2) is 18.0 Å². The van der Waals surface area contributed by atoms with Crippen LogP contribution in [0.4, 0.5) is 4.79 Å². The van der Waals surface area contributed by atoms with Crippen molar-refractivity contribution in [3.63, 3.8) is 0 Å². The Hall–Kier alpha value is -2.43. The molecule has 0 spiro atoms. The van der Waals surface area contributed by atoms with E-state index in [2.05, 4.69) is 0 Å². The number of hydrogen-bond acceptors (Lipinski definition) is 7. The first-order valence-corrected chi connectivity index (χ1v) is 11.9. The van der Waals surface area contributed by atoms with E-state index < -0.39 is 16.0 Å².